The van der Waals surface area contributed by atoms with E-state index in [1.165, 1.54) is 17.7 Å². The summed E-state index contributed by atoms with van der Waals surface area (Å²) in [5, 5.41) is 0.884. The Hall–Kier alpha value is -1.15. The minimum absolute atomic E-state index is 0.243. The largest absolute Gasteiger partial charge is 0.289 e. The molecule has 90 valence electrons. The van der Waals surface area contributed by atoms with Crippen molar-refractivity contribution in [2.45, 2.75) is 39.5 Å². The minimum atomic E-state index is 0.243. The van der Waals surface area contributed by atoms with Crippen LogP contribution in [0, 0.1) is 6.92 Å². The number of unbranched alkanes of at least 4 members (excludes halogenated alkanes) is 2. The van der Waals surface area contributed by atoms with Gasteiger partial charge in [0, 0.05) is 20.5 Å². The van der Waals surface area contributed by atoms with Gasteiger partial charge in [0.25, 0.3) is 0 Å². The molecule has 0 amide bonds. The molecule has 17 heavy (non-hydrogen) atoms. The van der Waals surface area contributed by atoms with Crippen LogP contribution in [0.5, 0.6) is 0 Å². The molecule has 1 heterocycles. The van der Waals surface area contributed by atoms with Gasteiger partial charge in [-0.15, -0.1) is 11.3 Å². The summed E-state index contributed by atoms with van der Waals surface area (Å²) in [5.41, 5.74) is 1.27. The van der Waals surface area contributed by atoms with Crippen LogP contribution in [0.1, 0.15) is 36.6 Å². The molecule has 0 fully saturated rings. The summed E-state index contributed by atoms with van der Waals surface area (Å²) in [5.74, 6) is 0. The van der Waals surface area contributed by atoms with E-state index < -0.39 is 0 Å². The van der Waals surface area contributed by atoms with E-state index in [0.717, 1.165) is 28.5 Å². The SMILES string of the molecule is CCCCCc1c(C)sc2ccccc2c1=O. The third kappa shape index (κ3) is 2.58. The first-order valence-electron chi connectivity index (χ1n) is 6.25. The van der Waals surface area contributed by atoms with E-state index >= 15 is 0 Å². The summed E-state index contributed by atoms with van der Waals surface area (Å²) in [4.78, 5) is 13.5. The van der Waals surface area contributed by atoms with Crippen molar-refractivity contribution >= 4 is 21.4 Å². The molecule has 0 atom stereocenters. The van der Waals surface area contributed by atoms with Crippen LogP contribution >= 0.6 is 11.3 Å². The highest BCUT2D eigenvalue weighted by Crippen LogP contribution is 2.22. The number of benzene rings is 1. The quantitative estimate of drug-likeness (QED) is 0.735. The van der Waals surface area contributed by atoms with E-state index in [-0.39, 0.29) is 5.43 Å². The lowest BCUT2D eigenvalue weighted by molar-refractivity contribution is 0.715. The van der Waals surface area contributed by atoms with Gasteiger partial charge in [0.1, 0.15) is 0 Å². The Balaban J connectivity index is 2.45. The normalized spacial score (nSPS) is 10.9. The van der Waals surface area contributed by atoms with Crippen LogP contribution < -0.4 is 5.43 Å². The molecule has 0 aliphatic rings. The number of aryl methyl sites for hydroxylation is 1. The molecule has 0 spiro atoms. The van der Waals surface area contributed by atoms with Crippen LogP contribution in [0.15, 0.2) is 29.1 Å². The van der Waals surface area contributed by atoms with E-state index in [1.807, 2.05) is 24.3 Å². The molecule has 2 heteroatoms. The molecule has 0 aliphatic heterocycles. The van der Waals surface area contributed by atoms with Crippen molar-refractivity contribution in [3.05, 3.63) is 44.9 Å². The molecule has 0 unspecified atom stereocenters. The Morgan fingerprint density at radius 1 is 1.18 bits per heavy atom. The molecule has 1 nitrogen and oxygen atoms in total. The molecule has 1 aromatic heterocycles. The fourth-order valence-electron chi connectivity index (χ4n) is 2.13. The first-order valence-corrected chi connectivity index (χ1v) is 7.07. The molecular weight excluding hydrogens is 228 g/mol. The standard InChI is InChI=1S/C15H18OS/c1-3-4-5-8-12-11(2)17-14-10-7-6-9-13(14)15(12)16/h6-7,9-10H,3-5,8H2,1-2H3. The van der Waals surface area contributed by atoms with Crippen LogP contribution in [0.25, 0.3) is 10.1 Å². The second kappa shape index (κ2) is 5.46. The number of hydrogen-bond acceptors (Lipinski definition) is 2. The lowest BCUT2D eigenvalue weighted by Gasteiger charge is -2.06. The van der Waals surface area contributed by atoms with Crippen LogP contribution in [0.4, 0.5) is 0 Å². The average Bonchev–Trinajstić information content (AvgIpc) is 2.33. The Kier molecular flexibility index (Phi) is 3.95. The topological polar surface area (TPSA) is 17.1 Å². The smallest absolute Gasteiger partial charge is 0.191 e. The van der Waals surface area contributed by atoms with Gasteiger partial charge in [0.15, 0.2) is 5.43 Å². The van der Waals surface area contributed by atoms with Gasteiger partial charge >= 0.3 is 0 Å². The number of rotatable bonds is 4. The average molecular weight is 246 g/mol. The van der Waals surface area contributed by atoms with Crippen LogP contribution in [0.2, 0.25) is 0 Å². The van der Waals surface area contributed by atoms with E-state index in [4.69, 9.17) is 0 Å². The first-order chi connectivity index (χ1) is 8.24. The van der Waals surface area contributed by atoms with Gasteiger partial charge in [-0.05, 0) is 31.9 Å². The Labute approximate surface area is 106 Å². The van der Waals surface area contributed by atoms with Crippen LogP contribution in [0.3, 0.4) is 0 Å². The van der Waals surface area contributed by atoms with E-state index in [1.54, 1.807) is 11.3 Å². The fraction of sp³-hybridized carbons (Fsp3) is 0.400. The molecule has 0 saturated heterocycles. The van der Waals surface area contributed by atoms with E-state index in [0.29, 0.717) is 0 Å². The Bertz CT molecular complexity index is 569. The van der Waals surface area contributed by atoms with E-state index in [9.17, 15) is 4.79 Å². The molecule has 0 bridgehead atoms. The van der Waals surface area contributed by atoms with Gasteiger partial charge < -0.3 is 0 Å². The maximum atomic E-state index is 12.4. The van der Waals surface area contributed by atoms with Crippen molar-refractivity contribution in [1.29, 1.82) is 0 Å². The van der Waals surface area contributed by atoms with Gasteiger partial charge in [-0.3, -0.25) is 4.79 Å². The third-order valence-corrected chi connectivity index (χ3v) is 4.25. The maximum absolute atomic E-state index is 12.4. The minimum Gasteiger partial charge on any atom is -0.289 e. The summed E-state index contributed by atoms with van der Waals surface area (Å²) in [6.45, 7) is 4.26. The Morgan fingerprint density at radius 2 is 1.94 bits per heavy atom. The number of fused-ring (bicyclic) bond motifs is 1. The molecule has 0 N–H and O–H groups in total. The van der Waals surface area contributed by atoms with Crippen LogP contribution in [-0.2, 0) is 6.42 Å². The predicted octanol–water partition coefficient (Wildman–Crippen LogP) is 4.30. The Morgan fingerprint density at radius 3 is 2.71 bits per heavy atom. The van der Waals surface area contributed by atoms with Crippen molar-refractivity contribution in [3.8, 4) is 0 Å². The zero-order valence-electron chi connectivity index (χ0n) is 10.5. The second-order valence-corrected chi connectivity index (χ2v) is 5.68. The molecule has 0 saturated carbocycles. The summed E-state index contributed by atoms with van der Waals surface area (Å²) in [7, 11) is 0. The first kappa shape index (κ1) is 12.3. The molecule has 0 aliphatic carbocycles. The van der Waals surface area contributed by atoms with Crippen molar-refractivity contribution in [1.82, 2.24) is 0 Å². The zero-order chi connectivity index (χ0) is 12.3. The van der Waals surface area contributed by atoms with Gasteiger partial charge in [-0.25, -0.2) is 0 Å². The highest BCUT2D eigenvalue weighted by Gasteiger charge is 2.08. The second-order valence-electron chi connectivity index (χ2n) is 4.42. The fourth-order valence-corrected chi connectivity index (χ4v) is 3.20. The zero-order valence-corrected chi connectivity index (χ0v) is 11.3. The molecule has 0 radical (unpaired) electrons. The summed E-state index contributed by atoms with van der Waals surface area (Å²) >= 11 is 1.74. The van der Waals surface area contributed by atoms with E-state index in [2.05, 4.69) is 13.8 Å². The monoisotopic (exact) mass is 246 g/mol. The van der Waals surface area contributed by atoms with Gasteiger partial charge in [0.2, 0.25) is 0 Å². The van der Waals surface area contributed by atoms with Crippen molar-refractivity contribution in [2.75, 3.05) is 0 Å². The third-order valence-electron chi connectivity index (χ3n) is 3.12. The van der Waals surface area contributed by atoms with Crippen LogP contribution in [-0.4, -0.2) is 0 Å². The lowest BCUT2D eigenvalue weighted by Crippen LogP contribution is -2.10. The summed E-state index contributed by atoms with van der Waals surface area (Å²) < 4.78 is 1.11. The van der Waals surface area contributed by atoms with Gasteiger partial charge in [0.05, 0.1) is 0 Å². The summed E-state index contributed by atoms with van der Waals surface area (Å²) in [6.07, 6.45) is 4.46. The van der Waals surface area contributed by atoms with Crippen molar-refractivity contribution in [3.63, 3.8) is 0 Å². The summed E-state index contributed by atoms with van der Waals surface area (Å²) in [6, 6.07) is 7.91. The molecule has 2 aromatic rings. The van der Waals surface area contributed by atoms with Gasteiger partial charge in [-0.1, -0.05) is 31.9 Å². The molecule has 1 aromatic carbocycles. The number of hydrogen-bond donors (Lipinski definition) is 0. The van der Waals surface area contributed by atoms with Gasteiger partial charge in [-0.2, -0.15) is 0 Å². The lowest BCUT2D eigenvalue weighted by atomic mass is 10.1. The molecular formula is C15H18OS. The van der Waals surface area contributed by atoms with Crippen molar-refractivity contribution in [2.24, 2.45) is 0 Å². The molecule has 2 rings (SSSR count). The highest BCUT2D eigenvalue weighted by atomic mass is 32.1. The van der Waals surface area contributed by atoms with Crippen molar-refractivity contribution < 1.29 is 0 Å². The maximum Gasteiger partial charge on any atom is 0.191 e. The predicted molar refractivity (Wildman–Crippen MR) is 76.1 cm³/mol. The highest BCUT2D eigenvalue weighted by molar-refractivity contribution is 7.18.